The zero-order valence-electron chi connectivity index (χ0n) is 12.1. The van der Waals surface area contributed by atoms with Crippen LogP contribution in [0.4, 0.5) is 0 Å². The van der Waals surface area contributed by atoms with Crippen molar-refractivity contribution in [3.05, 3.63) is 33.8 Å². The largest absolute Gasteiger partial charge is 0.335 e. The van der Waals surface area contributed by atoms with Gasteiger partial charge in [0.1, 0.15) is 5.78 Å². The minimum Gasteiger partial charge on any atom is -0.335 e. The van der Waals surface area contributed by atoms with E-state index in [2.05, 4.69) is 0 Å². The molecular weight excluding hydrogens is 309 g/mol. The lowest BCUT2D eigenvalue weighted by Crippen LogP contribution is -2.41. The number of hydrogen-bond acceptors (Lipinski definition) is 2. The van der Waals surface area contributed by atoms with Crippen LogP contribution in [0.3, 0.4) is 0 Å². The molecule has 0 N–H and O–H groups in total. The van der Waals surface area contributed by atoms with Gasteiger partial charge < -0.3 is 4.90 Å². The molecule has 1 aromatic carbocycles. The Morgan fingerprint density at radius 2 is 2.00 bits per heavy atom. The number of rotatable bonds is 3. The van der Waals surface area contributed by atoms with Gasteiger partial charge in [-0.1, -0.05) is 36.0 Å². The SMILES string of the molecule is CC(=O)CC1CCCCCN1C(=O)c1ccc(Cl)cc1Cl. The lowest BCUT2D eigenvalue weighted by atomic mass is 10.0. The number of Topliss-reactive ketones (excluding diaryl/α,β-unsaturated/α-hetero) is 1. The van der Waals surface area contributed by atoms with Gasteiger partial charge in [0.05, 0.1) is 10.6 Å². The number of carbonyl (C=O) groups excluding carboxylic acids is 2. The molecule has 1 saturated heterocycles. The average Bonchev–Trinajstić information content (AvgIpc) is 2.63. The van der Waals surface area contributed by atoms with Gasteiger partial charge in [-0.25, -0.2) is 0 Å². The van der Waals surface area contributed by atoms with Crippen LogP contribution in [0.1, 0.15) is 49.4 Å². The number of benzene rings is 1. The molecule has 0 saturated carbocycles. The summed E-state index contributed by atoms with van der Waals surface area (Å²) in [5.41, 5.74) is 0.455. The first-order valence-electron chi connectivity index (χ1n) is 7.24. The molecule has 1 aliphatic rings. The van der Waals surface area contributed by atoms with E-state index in [9.17, 15) is 9.59 Å². The van der Waals surface area contributed by atoms with Crippen molar-refractivity contribution >= 4 is 34.9 Å². The fraction of sp³-hybridized carbons (Fsp3) is 0.500. The van der Waals surface area contributed by atoms with Crippen molar-refractivity contribution < 1.29 is 9.59 Å². The summed E-state index contributed by atoms with van der Waals surface area (Å²) in [6.07, 6.45) is 4.39. The lowest BCUT2D eigenvalue weighted by Gasteiger charge is -2.30. The monoisotopic (exact) mass is 327 g/mol. The van der Waals surface area contributed by atoms with E-state index in [0.29, 0.717) is 28.6 Å². The number of likely N-dealkylation sites (tertiary alicyclic amines) is 1. The molecule has 0 aliphatic carbocycles. The molecule has 1 amide bonds. The molecule has 114 valence electrons. The molecule has 0 aromatic heterocycles. The zero-order valence-corrected chi connectivity index (χ0v) is 13.6. The Labute approximate surface area is 135 Å². The summed E-state index contributed by atoms with van der Waals surface area (Å²) in [5.74, 6) is 0.00622. The standard InChI is InChI=1S/C16H19Cl2NO2/c1-11(20)9-13-5-3-2-4-8-19(13)16(21)14-7-6-12(17)10-15(14)18/h6-7,10,13H,2-5,8-9H2,1H3. The predicted molar refractivity (Wildman–Crippen MR) is 85.1 cm³/mol. The Morgan fingerprint density at radius 1 is 1.24 bits per heavy atom. The van der Waals surface area contributed by atoms with Crippen LogP contribution < -0.4 is 0 Å². The highest BCUT2D eigenvalue weighted by molar-refractivity contribution is 6.36. The third-order valence-corrected chi connectivity index (χ3v) is 4.37. The van der Waals surface area contributed by atoms with Crippen molar-refractivity contribution in [1.82, 2.24) is 4.90 Å². The van der Waals surface area contributed by atoms with Gasteiger partial charge in [0.15, 0.2) is 0 Å². The van der Waals surface area contributed by atoms with Crippen molar-refractivity contribution in [2.45, 2.75) is 45.1 Å². The molecule has 1 heterocycles. The summed E-state index contributed by atoms with van der Waals surface area (Å²) in [6, 6.07) is 4.87. The van der Waals surface area contributed by atoms with E-state index in [1.807, 2.05) is 4.90 Å². The van der Waals surface area contributed by atoms with Crippen molar-refractivity contribution in [2.75, 3.05) is 6.54 Å². The van der Waals surface area contributed by atoms with E-state index >= 15 is 0 Å². The Morgan fingerprint density at radius 3 is 2.67 bits per heavy atom. The summed E-state index contributed by atoms with van der Waals surface area (Å²) in [4.78, 5) is 26.0. The molecule has 21 heavy (non-hydrogen) atoms. The minimum absolute atomic E-state index is 0.0238. The molecule has 5 heteroatoms. The summed E-state index contributed by atoms with van der Waals surface area (Å²) < 4.78 is 0. The number of ketones is 1. The van der Waals surface area contributed by atoms with Gasteiger partial charge in [0.2, 0.25) is 0 Å². The molecule has 1 aromatic rings. The first-order valence-corrected chi connectivity index (χ1v) is 8.00. The van der Waals surface area contributed by atoms with E-state index in [-0.39, 0.29) is 17.7 Å². The molecule has 1 aliphatic heterocycles. The van der Waals surface area contributed by atoms with E-state index in [0.717, 1.165) is 25.7 Å². The Kier molecular flexibility index (Phi) is 5.65. The summed E-state index contributed by atoms with van der Waals surface area (Å²) >= 11 is 12.0. The maximum atomic E-state index is 12.8. The number of nitrogens with zero attached hydrogens (tertiary/aromatic N) is 1. The molecule has 0 radical (unpaired) electrons. The van der Waals surface area contributed by atoms with Crippen molar-refractivity contribution in [1.29, 1.82) is 0 Å². The van der Waals surface area contributed by atoms with Crippen LogP contribution in [-0.4, -0.2) is 29.2 Å². The Balaban J connectivity index is 2.26. The highest BCUT2D eigenvalue weighted by Crippen LogP contribution is 2.26. The third-order valence-electron chi connectivity index (χ3n) is 3.82. The van der Waals surface area contributed by atoms with Crippen LogP contribution in [-0.2, 0) is 4.79 Å². The first-order chi connectivity index (χ1) is 9.99. The van der Waals surface area contributed by atoms with Gasteiger partial charge in [0.25, 0.3) is 5.91 Å². The second kappa shape index (κ2) is 7.28. The molecule has 0 spiro atoms. The van der Waals surface area contributed by atoms with E-state index in [4.69, 9.17) is 23.2 Å². The number of amides is 1. The van der Waals surface area contributed by atoms with E-state index in [1.165, 1.54) is 0 Å². The number of halogens is 2. The smallest absolute Gasteiger partial charge is 0.255 e. The van der Waals surface area contributed by atoms with Gasteiger partial charge in [0, 0.05) is 24.0 Å². The fourth-order valence-electron chi connectivity index (χ4n) is 2.81. The summed E-state index contributed by atoms with van der Waals surface area (Å²) in [6.45, 7) is 2.25. The Bertz CT molecular complexity index is 545. The van der Waals surface area contributed by atoms with Crippen molar-refractivity contribution in [2.24, 2.45) is 0 Å². The zero-order chi connectivity index (χ0) is 15.4. The molecule has 1 unspecified atom stereocenters. The van der Waals surface area contributed by atoms with Gasteiger partial charge >= 0.3 is 0 Å². The second-order valence-electron chi connectivity index (χ2n) is 5.53. The van der Waals surface area contributed by atoms with E-state index < -0.39 is 0 Å². The molecule has 1 atom stereocenters. The van der Waals surface area contributed by atoms with Gasteiger partial charge in [-0.2, -0.15) is 0 Å². The van der Waals surface area contributed by atoms with Crippen LogP contribution in [0.15, 0.2) is 18.2 Å². The van der Waals surface area contributed by atoms with Gasteiger partial charge in [-0.15, -0.1) is 0 Å². The third kappa shape index (κ3) is 4.21. The van der Waals surface area contributed by atoms with Crippen LogP contribution in [0, 0.1) is 0 Å². The summed E-state index contributed by atoms with van der Waals surface area (Å²) in [5, 5.41) is 0.867. The molecular formula is C16H19Cl2NO2. The van der Waals surface area contributed by atoms with Crippen molar-refractivity contribution in [3.8, 4) is 0 Å². The summed E-state index contributed by atoms with van der Waals surface area (Å²) in [7, 11) is 0. The molecule has 2 rings (SSSR count). The van der Waals surface area contributed by atoms with E-state index in [1.54, 1.807) is 25.1 Å². The number of carbonyl (C=O) groups is 2. The highest BCUT2D eigenvalue weighted by Gasteiger charge is 2.28. The van der Waals surface area contributed by atoms with Crippen LogP contribution in [0.2, 0.25) is 10.0 Å². The normalized spacial score (nSPS) is 19.2. The van der Waals surface area contributed by atoms with Crippen LogP contribution in [0.25, 0.3) is 0 Å². The van der Waals surface area contributed by atoms with Crippen molar-refractivity contribution in [3.63, 3.8) is 0 Å². The molecule has 3 nitrogen and oxygen atoms in total. The lowest BCUT2D eigenvalue weighted by molar-refractivity contribution is -0.118. The average molecular weight is 328 g/mol. The molecule has 1 fully saturated rings. The highest BCUT2D eigenvalue weighted by atomic mass is 35.5. The van der Waals surface area contributed by atoms with Crippen LogP contribution >= 0.6 is 23.2 Å². The first kappa shape index (κ1) is 16.3. The predicted octanol–water partition coefficient (Wildman–Crippen LogP) is 4.36. The number of hydrogen-bond donors (Lipinski definition) is 0. The minimum atomic E-state index is -0.107. The van der Waals surface area contributed by atoms with Crippen LogP contribution in [0.5, 0.6) is 0 Å². The second-order valence-corrected chi connectivity index (χ2v) is 6.38. The quantitative estimate of drug-likeness (QED) is 0.827. The van der Waals surface area contributed by atoms with Gasteiger partial charge in [-0.05, 0) is 38.0 Å². The maximum absolute atomic E-state index is 12.8. The van der Waals surface area contributed by atoms with Gasteiger partial charge in [-0.3, -0.25) is 9.59 Å². The Hall–Kier alpha value is -1.06. The topological polar surface area (TPSA) is 37.4 Å². The maximum Gasteiger partial charge on any atom is 0.255 e. The molecule has 0 bridgehead atoms. The fourth-order valence-corrected chi connectivity index (χ4v) is 3.30.